The van der Waals surface area contributed by atoms with Crippen LogP contribution in [0.4, 0.5) is 0 Å². The van der Waals surface area contributed by atoms with Crippen LogP contribution < -0.4 is 0 Å². The van der Waals surface area contributed by atoms with E-state index < -0.39 is 8.80 Å². The molecule has 1 saturated heterocycles. The van der Waals surface area contributed by atoms with Gasteiger partial charge in [-0.1, -0.05) is 13.1 Å². The van der Waals surface area contributed by atoms with Crippen molar-refractivity contribution in [1.82, 2.24) is 4.90 Å². The summed E-state index contributed by atoms with van der Waals surface area (Å²) in [6.45, 7) is 11.8. The zero-order valence-corrected chi connectivity index (χ0v) is 9.87. The van der Waals surface area contributed by atoms with Crippen LogP contribution in [-0.2, 0) is 4.79 Å². The van der Waals surface area contributed by atoms with Crippen LogP contribution in [0.5, 0.6) is 0 Å². The van der Waals surface area contributed by atoms with Crippen molar-refractivity contribution in [1.29, 1.82) is 0 Å². The number of hydrogen-bond donors (Lipinski definition) is 0. The van der Waals surface area contributed by atoms with Gasteiger partial charge in [0.15, 0.2) is 0 Å². The van der Waals surface area contributed by atoms with E-state index >= 15 is 0 Å². The number of carbonyl (C=O) groups excluding carboxylic acids is 1. The molecule has 1 atom stereocenters. The van der Waals surface area contributed by atoms with E-state index in [1.165, 1.54) is 0 Å². The summed E-state index contributed by atoms with van der Waals surface area (Å²) in [4.78, 5) is 13.6. The Bertz CT molecular complexity index is 195. The monoisotopic (exact) mass is 185 g/mol. The largest absolute Gasteiger partial charge is 0.337 e. The Morgan fingerprint density at radius 1 is 1.42 bits per heavy atom. The third-order valence-corrected chi connectivity index (χ3v) is 4.68. The number of amides is 1. The molecule has 2 nitrogen and oxygen atoms in total. The molecule has 70 valence electrons. The van der Waals surface area contributed by atoms with Crippen LogP contribution in [0.25, 0.3) is 0 Å². The fourth-order valence-electron chi connectivity index (χ4n) is 1.55. The summed E-state index contributed by atoms with van der Waals surface area (Å²) in [5.74, 6) is 0.393. The average molecular weight is 185 g/mol. The van der Waals surface area contributed by atoms with Crippen LogP contribution in [0, 0.1) is 0 Å². The molecule has 1 aliphatic heterocycles. The molecule has 0 aromatic rings. The predicted molar refractivity (Wildman–Crippen MR) is 54.1 cm³/mol. The molecule has 0 aromatic heterocycles. The van der Waals surface area contributed by atoms with Crippen LogP contribution in [0.2, 0.25) is 18.6 Å². The second-order valence-electron chi connectivity index (χ2n) is 4.97. The van der Waals surface area contributed by atoms with Crippen LogP contribution in [0.15, 0.2) is 0 Å². The van der Waals surface area contributed by atoms with E-state index in [9.17, 15) is 4.79 Å². The summed E-state index contributed by atoms with van der Waals surface area (Å²) in [6, 6.07) is 0. The second-order valence-corrected chi connectivity index (χ2v) is 8.26. The van der Waals surface area contributed by atoms with E-state index in [2.05, 4.69) is 33.9 Å². The first-order valence-corrected chi connectivity index (χ1v) is 7.63. The third kappa shape index (κ3) is 1.55. The fourth-order valence-corrected chi connectivity index (χ4v) is 2.94. The Morgan fingerprint density at radius 2 is 1.92 bits per heavy atom. The first kappa shape index (κ1) is 9.77. The predicted octanol–water partition coefficient (Wildman–Crippen LogP) is 1.48. The highest BCUT2D eigenvalue weighted by Gasteiger charge is 2.43. The maximum atomic E-state index is 11.6. The molecule has 1 fully saturated rings. The topological polar surface area (TPSA) is 20.3 Å². The van der Waals surface area contributed by atoms with E-state index in [4.69, 9.17) is 0 Å². The lowest BCUT2D eigenvalue weighted by atomic mass is 10.00. The van der Waals surface area contributed by atoms with E-state index in [0.717, 1.165) is 6.54 Å². The third-order valence-electron chi connectivity index (χ3n) is 2.58. The van der Waals surface area contributed by atoms with Gasteiger partial charge in [-0.15, -0.1) is 0 Å². The normalized spacial score (nSPS) is 24.7. The smallest absolute Gasteiger partial charge is 0.224 e. The first-order valence-electron chi connectivity index (χ1n) is 4.65. The Hall–Kier alpha value is -0.313. The highest BCUT2D eigenvalue weighted by atomic mass is 28.3. The Balaban J connectivity index is 2.55. The molecule has 0 bridgehead atoms. The molecule has 12 heavy (non-hydrogen) atoms. The summed E-state index contributed by atoms with van der Waals surface area (Å²) in [6.07, 6.45) is 0. The van der Waals surface area contributed by atoms with Gasteiger partial charge >= 0.3 is 0 Å². The van der Waals surface area contributed by atoms with Crippen molar-refractivity contribution >= 4 is 14.7 Å². The Kier molecular flexibility index (Phi) is 2.34. The highest BCUT2D eigenvalue weighted by molar-refractivity contribution is 6.62. The molecule has 1 heterocycles. The summed E-state index contributed by atoms with van der Waals surface area (Å²) >= 11 is 0. The Labute approximate surface area is 76.6 Å². The molecule has 0 spiro atoms. The number of nitrogens with zero attached hydrogens (tertiary/aromatic N) is 1. The molecule has 0 saturated carbocycles. The minimum Gasteiger partial charge on any atom is -0.337 e. The number of hydrogen-bond acceptors (Lipinski definition) is 1. The van der Waals surface area contributed by atoms with Crippen molar-refractivity contribution in [2.45, 2.75) is 44.9 Å². The van der Waals surface area contributed by atoms with Crippen LogP contribution in [-0.4, -0.2) is 31.7 Å². The average Bonchev–Trinajstić information content (AvgIpc) is 1.80. The van der Waals surface area contributed by atoms with Gasteiger partial charge in [0.1, 0.15) is 0 Å². The number of β-lactam (4-membered cyclic amide) rings is 1. The van der Waals surface area contributed by atoms with Gasteiger partial charge in [-0.3, -0.25) is 4.79 Å². The van der Waals surface area contributed by atoms with Crippen LogP contribution in [0.1, 0.15) is 20.8 Å². The SMILES string of the molecule is C[SiH](C)C1CN(C(C)(C)C)C1=O. The maximum absolute atomic E-state index is 11.6. The van der Waals surface area contributed by atoms with Crippen molar-refractivity contribution < 1.29 is 4.79 Å². The van der Waals surface area contributed by atoms with Gasteiger partial charge in [0.25, 0.3) is 0 Å². The highest BCUT2D eigenvalue weighted by Crippen LogP contribution is 2.32. The molecule has 0 aromatic carbocycles. The zero-order valence-electron chi connectivity index (χ0n) is 8.72. The lowest BCUT2D eigenvalue weighted by molar-refractivity contribution is -0.146. The van der Waals surface area contributed by atoms with Gasteiger partial charge in [-0.05, 0) is 20.8 Å². The molecule has 1 aliphatic rings. The minimum atomic E-state index is -0.737. The van der Waals surface area contributed by atoms with Gasteiger partial charge in [-0.25, -0.2) is 0 Å². The van der Waals surface area contributed by atoms with E-state index in [1.807, 2.05) is 4.90 Å². The zero-order chi connectivity index (χ0) is 9.52. The molecule has 3 heteroatoms. The van der Waals surface area contributed by atoms with Crippen molar-refractivity contribution in [3.05, 3.63) is 0 Å². The molecule has 1 amide bonds. The van der Waals surface area contributed by atoms with Gasteiger partial charge in [-0.2, -0.15) is 0 Å². The van der Waals surface area contributed by atoms with Crippen molar-refractivity contribution in [2.24, 2.45) is 0 Å². The van der Waals surface area contributed by atoms with Crippen molar-refractivity contribution in [3.63, 3.8) is 0 Å². The molecule has 1 unspecified atom stereocenters. The Morgan fingerprint density at radius 3 is 2.17 bits per heavy atom. The lowest BCUT2D eigenvalue weighted by Gasteiger charge is -2.48. The van der Waals surface area contributed by atoms with Crippen molar-refractivity contribution in [3.8, 4) is 0 Å². The van der Waals surface area contributed by atoms with Crippen LogP contribution in [0.3, 0.4) is 0 Å². The van der Waals surface area contributed by atoms with Crippen molar-refractivity contribution in [2.75, 3.05) is 6.54 Å². The summed E-state index contributed by atoms with van der Waals surface area (Å²) in [7, 11) is -0.737. The van der Waals surface area contributed by atoms with E-state index in [-0.39, 0.29) is 5.54 Å². The summed E-state index contributed by atoms with van der Waals surface area (Å²) < 4.78 is 0. The van der Waals surface area contributed by atoms with Gasteiger partial charge in [0.2, 0.25) is 5.91 Å². The second kappa shape index (κ2) is 2.87. The number of carbonyl (C=O) groups is 1. The van der Waals surface area contributed by atoms with Gasteiger partial charge in [0, 0.05) is 26.4 Å². The fraction of sp³-hybridized carbons (Fsp3) is 0.889. The van der Waals surface area contributed by atoms with E-state index in [1.54, 1.807) is 0 Å². The number of rotatable bonds is 1. The molecule has 0 aliphatic carbocycles. The van der Waals surface area contributed by atoms with Gasteiger partial charge in [0.05, 0.1) is 0 Å². The lowest BCUT2D eigenvalue weighted by Crippen LogP contribution is -2.60. The maximum Gasteiger partial charge on any atom is 0.224 e. The standard InChI is InChI=1S/C9H19NOSi/c1-9(2,3)10-6-7(8(10)11)12(4)5/h7,12H,6H2,1-5H3. The molecule has 1 rings (SSSR count). The molecular formula is C9H19NOSi. The van der Waals surface area contributed by atoms with Crippen LogP contribution >= 0.6 is 0 Å². The quantitative estimate of drug-likeness (QED) is 0.448. The molecule has 0 N–H and O–H groups in total. The molecular weight excluding hydrogens is 166 g/mol. The number of likely N-dealkylation sites (tertiary alicyclic amines) is 1. The minimum absolute atomic E-state index is 0.0386. The van der Waals surface area contributed by atoms with E-state index in [0.29, 0.717) is 11.4 Å². The van der Waals surface area contributed by atoms with Gasteiger partial charge < -0.3 is 4.90 Å². The first-order chi connectivity index (χ1) is 5.34. The summed E-state index contributed by atoms with van der Waals surface area (Å²) in [5.41, 5.74) is 0.459. The molecule has 0 radical (unpaired) electrons. The summed E-state index contributed by atoms with van der Waals surface area (Å²) in [5, 5.41) is 0.